The number of nitrogen functional groups attached to an aromatic ring is 1. The van der Waals surface area contributed by atoms with E-state index >= 15 is 0 Å². The Morgan fingerprint density at radius 1 is 1.29 bits per heavy atom. The smallest absolute Gasteiger partial charge is 0.459 e. The van der Waals surface area contributed by atoms with E-state index in [-0.39, 0.29) is 30.3 Å². The van der Waals surface area contributed by atoms with Crippen molar-refractivity contribution in [2.75, 3.05) is 26.1 Å². The molecule has 0 aliphatic carbocycles. The minimum Gasteiger partial charge on any atom is -0.479 e. The number of ether oxygens (including phenoxy) is 4. The fraction of sp³-hybridized carbons (Fsp3) is 0.520. The highest BCUT2D eigenvalue weighted by molar-refractivity contribution is 7.52. The number of nitrogens with zero attached hydrogens (tertiary/aromatic N) is 4. The van der Waals surface area contributed by atoms with Crippen molar-refractivity contribution in [3.05, 3.63) is 36.7 Å². The molecule has 4 N–H and O–H groups in total. The number of nitrogens with two attached hydrogens (primary N) is 1. The lowest BCUT2D eigenvalue weighted by Gasteiger charge is -2.44. The molecule has 2 unspecified atom stereocenters. The lowest BCUT2D eigenvalue weighted by Crippen LogP contribution is -2.56. The predicted octanol–water partition coefficient (Wildman–Crippen LogP) is 1.97. The molecule has 222 valence electrons. The first-order valence-corrected chi connectivity index (χ1v) is 14.6. The van der Waals surface area contributed by atoms with Crippen LogP contribution < -0.4 is 20.1 Å². The van der Waals surface area contributed by atoms with Crippen molar-refractivity contribution in [2.24, 2.45) is 0 Å². The van der Waals surface area contributed by atoms with E-state index < -0.39 is 43.8 Å². The van der Waals surface area contributed by atoms with Gasteiger partial charge in [0.25, 0.3) is 0 Å². The summed E-state index contributed by atoms with van der Waals surface area (Å²) in [6.45, 7) is 4.90. The van der Waals surface area contributed by atoms with Gasteiger partial charge in [-0.05, 0) is 32.9 Å². The highest BCUT2D eigenvalue weighted by Gasteiger charge is 2.62. The Hall–Kier alpha value is -3.33. The molecule has 15 nitrogen and oxygen atoms in total. The monoisotopic (exact) mass is 592 g/mol. The van der Waals surface area contributed by atoms with E-state index in [1.807, 2.05) is 0 Å². The summed E-state index contributed by atoms with van der Waals surface area (Å²) in [6, 6.07) is 7.31. The average Bonchev–Trinajstić information content (AvgIpc) is 3.45. The van der Waals surface area contributed by atoms with E-state index in [0.717, 1.165) is 0 Å². The van der Waals surface area contributed by atoms with Gasteiger partial charge in [-0.25, -0.2) is 9.55 Å². The molecule has 0 amide bonds. The third kappa shape index (κ3) is 5.73. The van der Waals surface area contributed by atoms with Gasteiger partial charge in [-0.2, -0.15) is 15.1 Å². The van der Waals surface area contributed by atoms with Crippen LogP contribution >= 0.6 is 7.75 Å². The molecule has 4 heterocycles. The van der Waals surface area contributed by atoms with Gasteiger partial charge in [0, 0.05) is 6.42 Å². The highest BCUT2D eigenvalue weighted by atomic mass is 31.2. The van der Waals surface area contributed by atoms with Crippen molar-refractivity contribution >= 4 is 30.8 Å². The minimum absolute atomic E-state index is 0.0340. The second kappa shape index (κ2) is 11.5. The van der Waals surface area contributed by atoms with Crippen LogP contribution in [0, 0.1) is 0 Å². The van der Waals surface area contributed by atoms with Gasteiger partial charge in [0.2, 0.25) is 11.8 Å². The zero-order chi connectivity index (χ0) is 29.4. The van der Waals surface area contributed by atoms with Crippen LogP contribution in [0.3, 0.4) is 0 Å². The van der Waals surface area contributed by atoms with Crippen molar-refractivity contribution in [2.45, 2.75) is 63.4 Å². The van der Waals surface area contributed by atoms with Crippen molar-refractivity contribution in [3.8, 4) is 11.6 Å². The average molecular weight is 593 g/mol. The summed E-state index contributed by atoms with van der Waals surface area (Å²) < 4.78 is 49.6. The molecule has 2 aromatic heterocycles. The molecule has 6 atom stereocenters. The second-order valence-corrected chi connectivity index (χ2v) is 11.7. The number of aliphatic hydroxyl groups is 1. The number of rotatable bonds is 11. The molecule has 0 saturated carbocycles. The van der Waals surface area contributed by atoms with Crippen LogP contribution in [0.4, 0.5) is 5.95 Å². The second-order valence-electron chi connectivity index (χ2n) is 9.97. The zero-order valence-electron chi connectivity index (χ0n) is 23.0. The van der Waals surface area contributed by atoms with Gasteiger partial charge in [0.15, 0.2) is 17.4 Å². The number of methoxy groups -OCH3 is 1. The van der Waals surface area contributed by atoms with Crippen molar-refractivity contribution in [1.82, 2.24) is 24.6 Å². The quantitative estimate of drug-likeness (QED) is 0.216. The summed E-state index contributed by atoms with van der Waals surface area (Å²) in [4.78, 5) is 25.1. The van der Waals surface area contributed by atoms with Crippen LogP contribution in [-0.2, 0) is 28.1 Å². The number of carbonyl (C=O) groups is 1. The molecule has 0 bridgehead atoms. The van der Waals surface area contributed by atoms with Crippen molar-refractivity contribution in [1.29, 1.82) is 0 Å². The minimum atomic E-state index is -4.20. The summed E-state index contributed by atoms with van der Waals surface area (Å²) in [5.74, 6) is -0.242. The molecule has 16 heteroatoms. The Morgan fingerprint density at radius 2 is 2.02 bits per heavy atom. The van der Waals surface area contributed by atoms with E-state index in [1.165, 1.54) is 20.4 Å². The Morgan fingerprint density at radius 3 is 2.66 bits per heavy atom. The Labute approximate surface area is 235 Å². The van der Waals surface area contributed by atoms with Crippen LogP contribution in [0.1, 0.15) is 33.4 Å². The molecular formula is C25H33N6O9P. The number of carbonyl (C=O) groups excluding carboxylic acids is 1. The molecule has 0 radical (unpaired) electrons. The molecule has 5 rings (SSSR count). The number of fused-ring (bicyclic) bond motifs is 1. The molecule has 2 fully saturated rings. The summed E-state index contributed by atoms with van der Waals surface area (Å²) in [5.41, 5.74) is 5.39. The number of aromatic nitrogens is 4. The number of hydrogen-bond donors (Lipinski definition) is 3. The van der Waals surface area contributed by atoms with Crippen LogP contribution in [0.15, 0.2) is 36.7 Å². The third-order valence-electron chi connectivity index (χ3n) is 6.73. The Bertz CT molecular complexity index is 1430. The predicted molar refractivity (Wildman–Crippen MR) is 144 cm³/mol. The van der Waals surface area contributed by atoms with Gasteiger partial charge >= 0.3 is 13.7 Å². The first-order chi connectivity index (χ1) is 19.5. The largest absolute Gasteiger partial charge is 0.479 e. The fourth-order valence-electron chi connectivity index (χ4n) is 4.74. The molecule has 1 aromatic carbocycles. The van der Waals surface area contributed by atoms with Gasteiger partial charge in [0.05, 0.1) is 32.8 Å². The van der Waals surface area contributed by atoms with E-state index in [9.17, 15) is 14.5 Å². The van der Waals surface area contributed by atoms with Gasteiger partial charge in [-0.3, -0.25) is 13.9 Å². The number of hydrogen-bond acceptors (Lipinski definition) is 13. The fourth-order valence-corrected chi connectivity index (χ4v) is 6.24. The summed E-state index contributed by atoms with van der Waals surface area (Å²) >= 11 is 0. The Balaban J connectivity index is 1.38. The van der Waals surface area contributed by atoms with E-state index in [2.05, 4.69) is 20.0 Å². The molecular weight excluding hydrogens is 559 g/mol. The lowest BCUT2D eigenvalue weighted by atomic mass is 9.86. The number of imidazole rings is 1. The van der Waals surface area contributed by atoms with Gasteiger partial charge in [-0.1, -0.05) is 18.2 Å². The zero-order valence-corrected chi connectivity index (χ0v) is 23.9. The number of benzene rings is 1. The maximum Gasteiger partial charge on any atom is 0.459 e. The standard InChI is InChI=1S/C25H33N6O9P/c1-14(2)38-22(33)15(3)30-41(34,40-16-8-6-5-7-9-16)37-12-17-19(32)25(10-11-36-25)23(39-17)31-13-27-18-20(31)28-24(26)29-21(18)35-4/h5-9,13-15,17,19,23,32H,10-12H2,1-4H3,(H,30,34)(H2,26,28,29)/t15-,17+,19+,23?,25+,41?/m0/s1. The number of aliphatic hydroxyl groups excluding tert-OH is 1. The first-order valence-electron chi connectivity index (χ1n) is 13.0. The van der Waals surface area contributed by atoms with Crippen LogP contribution in [0.25, 0.3) is 11.2 Å². The highest BCUT2D eigenvalue weighted by Crippen LogP contribution is 2.51. The molecule has 2 saturated heterocycles. The van der Waals surface area contributed by atoms with Crippen molar-refractivity contribution in [3.63, 3.8) is 0 Å². The van der Waals surface area contributed by atoms with Gasteiger partial charge in [-0.15, -0.1) is 0 Å². The molecule has 1 spiro atoms. The molecule has 2 aliphatic heterocycles. The van der Waals surface area contributed by atoms with Crippen LogP contribution in [0.2, 0.25) is 0 Å². The van der Waals surface area contributed by atoms with E-state index in [1.54, 1.807) is 48.7 Å². The van der Waals surface area contributed by atoms with Gasteiger partial charge < -0.3 is 34.3 Å². The van der Waals surface area contributed by atoms with Crippen LogP contribution in [-0.4, -0.2) is 80.9 Å². The summed E-state index contributed by atoms with van der Waals surface area (Å²) in [5, 5.41) is 14.0. The Kier molecular flexibility index (Phi) is 8.19. The van der Waals surface area contributed by atoms with E-state index in [0.29, 0.717) is 24.2 Å². The first kappa shape index (κ1) is 29.2. The number of para-hydroxylation sites is 1. The SMILES string of the molecule is COc1nc(N)nc2c1ncn2C1O[C@H](COP(=O)(N[C@@H](C)C(=O)OC(C)C)Oc2ccccc2)[C@@H](O)[C@]12CCO2. The topological polar surface area (TPSA) is 191 Å². The molecule has 41 heavy (non-hydrogen) atoms. The summed E-state index contributed by atoms with van der Waals surface area (Å²) in [7, 11) is -2.76. The maximum atomic E-state index is 13.9. The number of anilines is 1. The normalized spacial score (nSPS) is 26.0. The lowest BCUT2D eigenvalue weighted by molar-refractivity contribution is -0.225. The van der Waals surface area contributed by atoms with Gasteiger partial charge in [0.1, 0.15) is 29.6 Å². The van der Waals surface area contributed by atoms with Crippen molar-refractivity contribution < 1.29 is 42.5 Å². The van der Waals surface area contributed by atoms with E-state index in [4.69, 9.17) is 33.7 Å². The molecule has 3 aromatic rings. The number of nitrogens with one attached hydrogen (secondary N) is 1. The van der Waals surface area contributed by atoms with Crippen LogP contribution in [0.5, 0.6) is 11.6 Å². The third-order valence-corrected chi connectivity index (χ3v) is 8.37. The maximum absolute atomic E-state index is 13.9. The number of esters is 1. The summed E-state index contributed by atoms with van der Waals surface area (Å²) in [6.07, 6.45) is -1.52. The molecule has 2 aliphatic rings.